The third-order valence-corrected chi connectivity index (χ3v) is 8.18. The number of nitrogens with zero attached hydrogens (tertiary/aromatic N) is 1. The minimum atomic E-state index is -0.755. The molecule has 4 nitrogen and oxygen atoms in total. The SMILES string of the molecule is CCCCCCC=CCCCCCCCCOC(C)(OCCCCCCCCC=CCCCCCC)N(C)CCO. The van der Waals surface area contributed by atoms with E-state index < -0.39 is 5.91 Å². The molecule has 0 rings (SSSR count). The molecule has 0 saturated carbocycles. The Hall–Kier alpha value is -0.680. The van der Waals surface area contributed by atoms with Crippen LogP contribution in [0, 0.1) is 0 Å². The zero-order valence-corrected chi connectivity index (χ0v) is 28.3. The first-order valence-electron chi connectivity index (χ1n) is 18.0. The van der Waals surface area contributed by atoms with Crippen molar-refractivity contribution in [2.24, 2.45) is 0 Å². The average molecular weight is 580 g/mol. The minimum absolute atomic E-state index is 0.112. The molecule has 0 fully saturated rings. The van der Waals surface area contributed by atoms with E-state index in [9.17, 15) is 5.11 Å². The first kappa shape index (κ1) is 40.3. The highest BCUT2D eigenvalue weighted by Crippen LogP contribution is 2.20. The van der Waals surface area contributed by atoms with Gasteiger partial charge in [-0.05, 0) is 71.3 Å². The summed E-state index contributed by atoms with van der Waals surface area (Å²) in [4.78, 5) is 2.00. The highest BCUT2D eigenvalue weighted by molar-refractivity contribution is 4.82. The van der Waals surface area contributed by atoms with Crippen LogP contribution in [0.15, 0.2) is 24.3 Å². The van der Waals surface area contributed by atoms with Crippen molar-refractivity contribution in [1.29, 1.82) is 0 Å². The third-order valence-electron chi connectivity index (χ3n) is 8.18. The Balaban J connectivity index is 3.82. The fraction of sp³-hybridized carbons (Fsp3) is 0.892. The second-order valence-electron chi connectivity index (χ2n) is 12.2. The number of allylic oxidation sites excluding steroid dienone is 4. The standard InChI is InChI=1S/C37H73NO3/c1-5-7-9-11-13-15-17-19-21-23-25-27-29-31-35-40-37(3,38(4)33-34-39)41-36-32-30-28-26-24-22-20-18-16-14-12-10-8-6-2/h15-18,39H,5-14,19-36H2,1-4H3. The highest BCUT2D eigenvalue weighted by atomic mass is 16.7. The fourth-order valence-electron chi connectivity index (χ4n) is 5.13. The van der Waals surface area contributed by atoms with Crippen molar-refractivity contribution >= 4 is 0 Å². The number of aliphatic hydroxyl groups is 1. The van der Waals surface area contributed by atoms with E-state index in [0.717, 1.165) is 12.8 Å². The van der Waals surface area contributed by atoms with Crippen LogP contribution >= 0.6 is 0 Å². The maximum Gasteiger partial charge on any atom is 0.226 e. The number of ether oxygens (including phenoxy) is 2. The summed E-state index contributed by atoms with van der Waals surface area (Å²) in [6.07, 6.45) is 40.4. The summed E-state index contributed by atoms with van der Waals surface area (Å²) in [5, 5.41) is 9.45. The van der Waals surface area contributed by atoms with Crippen molar-refractivity contribution in [3.63, 3.8) is 0 Å². The van der Waals surface area contributed by atoms with Crippen LogP contribution in [0.1, 0.15) is 175 Å². The molecular weight excluding hydrogens is 506 g/mol. The number of hydrogen-bond acceptors (Lipinski definition) is 4. The van der Waals surface area contributed by atoms with E-state index in [0.29, 0.717) is 19.8 Å². The van der Waals surface area contributed by atoms with Gasteiger partial charge < -0.3 is 14.6 Å². The molecule has 0 spiro atoms. The van der Waals surface area contributed by atoms with E-state index in [1.54, 1.807) is 0 Å². The monoisotopic (exact) mass is 580 g/mol. The summed E-state index contributed by atoms with van der Waals surface area (Å²) < 4.78 is 12.5. The Morgan fingerprint density at radius 2 is 0.829 bits per heavy atom. The van der Waals surface area contributed by atoms with Gasteiger partial charge in [-0.3, -0.25) is 4.90 Å². The maximum atomic E-state index is 9.45. The van der Waals surface area contributed by atoms with Gasteiger partial charge in [0.25, 0.3) is 0 Å². The number of unbranched alkanes of at least 4 members (excludes halogenated alkanes) is 20. The van der Waals surface area contributed by atoms with Crippen LogP contribution < -0.4 is 0 Å². The molecule has 1 N–H and O–H groups in total. The minimum Gasteiger partial charge on any atom is -0.395 e. The number of aliphatic hydroxyl groups excluding tert-OH is 1. The molecule has 0 amide bonds. The summed E-state index contributed by atoms with van der Waals surface area (Å²) in [7, 11) is 1.98. The van der Waals surface area contributed by atoms with Gasteiger partial charge >= 0.3 is 0 Å². The summed E-state index contributed by atoms with van der Waals surface area (Å²) >= 11 is 0. The van der Waals surface area contributed by atoms with Crippen molar-refractivity contribution in [3.05, 3.63) is 24.3 Å². The molecule has 0 heterocycles. The molecule has 0 bridgehead atoms. The lowest BCUT2D eigenvalue weighted by molar-refractivity contribution is -0.303. The Morgan fingerprint density at radius 3 is 1.17 bits per heavy atom. The topological polar surface area (TPSA) is 41.9 Å². The van der Waals surface area contributed by atoms with E-state index >= 15 is 0 Å². The van der Waals surface area contributed by atoms with Crippen molar-refractivity contribution in [1.82, 2.24) is 4.90 Å². The van der Waals surface area contributed by atoms with Crippen molar-refractivity contribution < 1.29 is 14.6 Å². The summed E-state index contributed by atoms with van der Waals surface area (Å²) in [6.45, 7) is 8.64. The van der Waals surface area contributed by atoms with Crippen LogP contribution in [0.4, 0.5) is 0 Å². The second kappa shape index (κ2) is 32.2. The van der Waals surface area contributed by atoms with Crippen LogP contribution in [0.2, 0.25) is 0 Å². The first-order chi connectivity index (χ1) is 20.1. The third kappa shape index (κ3) is 27.9. The Bertz CT molecular complexity index is 522. The van der Waals surface area contributed by atoms with Gasteiger partial charge in [-0.2, -0.15) is 0 Å². The molecule has 244 valence electrons. The van der Waals surface area contributed by atoms with Gasteiger partial charge in [0.1, 0.15) is 0 Å². The molecule has 0 aliphatic heterocycles. The zero-order valence-electron chi connectivity index (χ0n) is 28.3. The molecular formula is C37H73NO3. The van der Waals surface area contributed by atoms with Gasteiger partial charge in [-0.25, -0.2) is 0 Å². The molecule has 0 radical (unpaired) electrons. The molecule has 0 saturated heterocycles. The molecule has 0 unspecified atom stereocenters. The summed E-state index contributed by atoms with van der Waals surface area (Å²) in [6, 6.07) is 0. The lowest BCUT2D eigenvalue weighted by Crippen LogP contribution is -2.50. The molecule has 41 heavy (non-hydrogen) atoms. The maximum absolute atomic E-state index is 9.45. The van der Waals surface area contributed by atoms with E-state index in [1.807, 2.05) is 18.9 Å². The van der Waals surface area contributed by atoms with Crippen molar-refractivity contribution in [2.45, 2.75) is 181 Å². The van der Waals surface area contributed by atoms with Crippen molar-refractivity contribution in [3.8, 4) is 0 Å². The van der Waals surface area contributed by atoms with Crippen LogP contribution in [0.25, 0.3) is 0 Å². The van der Waals surface area contributed by atoms with E-state index in [1.165, 1.54) is 141 Å². The molecule has 0 aliphatic carbocycles. The molecule has 4 heteroatoms. The Kier molecular flexibility index (Phi) is 31.7. The lowest BCUT2D eigenvalue weighted by Gasteiger charge is -2.38. The van der Waals surface area contributed by atoms with E-state index in [2.05, 4.69) is 38.2 Å². The molecule has 0 aromatic carbocycles. The highest BCUT2D eigenvalue weighted by Gasteiger charge is 2.30. The molecule has 0 aliphatic rings. The van der Waals surface area contributed by atoms with Crippen molar-refractivity contribution in [2.75, 3.05) is 33.4 Å². The molecule has 0 aromatic heterocycles. The number of rotatable bonds is 33. The van der Waals surface area contributed by atoms with Gasteiger partial charge in [0.15, 0.2) is 0 Å². The van der Waals surface area contributed by atoms with Gasteiger partial charge in [-0.1, -0.05) is 128 Å². The van der Waals surface area contributed by atoms with Crippen LogP contribution in [-0.2, 0) is 9.47 Å². The van der Waals surface area contributed by atoms with Gasteiger partial charge in [0.2, 0.25) is 5.91 Å². The van der Waals surface area contributed by atoms with Gasteiger partial charge in [0.05, 0.1) is 19.8 Å². The first-order valence-corrected chi connectivity index (χ1v) is 18.0. The predicted molar refractivity (Wildman–Crippen MR) is 180 cm³/mol. The van der Waals surface area contributed by atoms with Crippen LogP contribution in [0.3, 0.4) is 0 Å². The van der Waals surface area contributed by atoms with Gasteiger partial charge in [0, 0.05) is 13.5 Å². The summed E-state index contributed by atoms with van der Waals surface area (Å²) in [5.74, 6) is -0.755. The van der Waals surface area contributed by atoms with Crippen LogP contribution in [-0.4, -0.2) is 49.3 Å². The smallest absolute Gasteiger partial charge is 0.226 e. The normalized spacial score (nSPS) is 13.7. The second-order valence-corrected chi connectivity index (χ2v) is 12.2. The summed E-state index contributed by atoms with van der Waals surface area (Å²) in [5.41, 5.74) is 0. The van der Waals surface area contributed by atoms with Gasteiger partial charge in [-0.15, -0.1) is 0 Å². The molecule has 0 aromatic rings. The Morgan fingerprint density at radius 1 is 0.512 bits per heavy atom. The predicted octanol–water partition coefficient (Wildman–Crippen LogP) is 11.1. The Labute approximate surface area is 257 Å². The zero-order chi connectivity index (χ0) is 30.1. The van der Waals surface area contributed by atoms with E-state index in [-0.39, 0.29) is 6.61 Å². The number of likely N-dealkylation sites (N-methyl/N-ethyl adjacent to an activating group) is 1. The van der Waals surface area contributed by atoms with E-state index in [4.69, 9.17) is 9.47 Å². The largest absolute Gasteiger partial charge is 0.395 e. The van der Waals surface area contributed by atoms with Crippen LogP contribution in [0.5, 0.6) is 0 Å². The quantitative estimate of drug-likeness (QED) is 0.0477. The lowest BCUT2D eigenvalue weighted by atomic mass is 10.1. The fourth-order valence-corrected chi connectivity index (χ4v) is 5.13. The molecule has 0 atom stereocenters. The average Bonchev–Trinajstić information content (AvgIpc) is 2.97. The number of hydrogen-bond donors (Lipinski definition) is 1.